The minimum atomic E-state index is -1.14. The minimum absolute atomic E-state index is 0.119. The van der Waals surface area contributed by atoms with E-state index in [1.165, 1.54) is 4.90 Å². The summed E-state index contributed by atoms with van der Waals surface area (Å²) in [6.07, 6.45) is 0. The number of carboxylic acids is 1. The number of carbonyl (C=O) groups excluding carboxylic acids is 1. The van der Waals surface area contributed by atoms with Gasteiger partial charge >= 0.3 is 5.97 Å². The lowest BCUT2D eigenvalue weighted by Gasteiger charge is -2.41. The van der Waals surface area contributed by atoms with Crippen LogP contribution in [0.15, 0.2) is 12.1 Å². The standard InChI is InChI=1S/C13H12ClF2NO3/c1-6(13(19)20)7-4-17(5-7)12(18)8-2-10(15)11(16)3-9(8)14/h2-3,6-7H,4-5H2,1H3,(H,19,20). The van der Waals surface area contributed by atoms with Crippen LogP contribution in [0.3, 0.4) is 0 Å². The molecule has 1 aliphatic rings. The second-order valence-electron chi connectivity index (χ2n) is 4.84. The van der Waals surface area contributed by atoms with E-state index in [0.29, 0.717) is 0 Å². The number of hydrogen-bond acceptors (Lipinski definition) is 2. The van der Waals surface area contributed by atoms with E-state index in [1.807, 2.05) is 0 Å². The normalized spacial score (nSPS) is 16.7. The van der Waals surface area contributed by atoms with Crippen LogP contribution in [0, 0.1) is 23.5 Å². The molecule has 1 saturated heterocycles. The predicted molar refractivity (Wildman–Crippen MR) is 67.6 cm³/mol. The van der Waals surface area contributed by atoms with Gasteiger partial charge in [-0.05, 0) is 12.1 Å². The van der Waals surface area contributed by atoms with Gasteiger partial charge in [-0.1, -0.05) is 18.5 Å². The highest BCUT2D eigenvalue weighted by Gasteiger charge is 2.38. The Bertz CT molecular complexity index is 573. The summed E-state index contributed by atoms with van der Waals surface area (Å²) in [6, 6.07) is 1.51. The third kappa shape index (κ3) is 2.60. The number of hydrogen-bond donors (Lipinski definition) is 1. The smallest absolute Gasteiger partial charge is 0.306 e. The maximum absolute atomic E-state index is 13.1. The van der Waals surface area contributed by atoms with E-state index >= 15 is 0 Å². The first-order chi connectivity index (χ1) is 9.31. The van der Waals surface area contributed by atoms with Gasteiger partial charge < -0.3 is 10.0 Å². The highest BCUT2D eigenvalue weighted by Crippen LogP contribution is 2.28. The van der Waals surface area contributed by atoms with Crippen LogP contribution in [-0.2, 0) is 4.79 Å². The van der Waals surface area contributed by atoms with Gasteiger partial charge in [-0.2, -0.15) is 0 Å². The lowest BCUT2D eigenvalue weighted by molar-refractivity contribution is -0.144. The van der Waals surface area contributed by atoms with Gasteiger partial charge in [0.05, 0.1) is 16.5 Å². The summed E-state index contributed by atoms with van der Waals surface area (Å²) in [7, 11) is 0. The third-order valence-corrected chi connectivity index (χ3v) is 3.85. The zero-order chi connectivity index (χ0) is 15.0. The molecule has 0 radical (unpaired) electrons. The van der Waals surface area contributed by atoms with Crippen molar-refractivity contribution in [2.24, 2.45) is 11.8 Å². The molecule has 1 heterocycles. The average Bonchev–Trinajstić information content (AvgIpc) is 2.31. The van der Waals surface area contributed by atoms with E-state index in [2.05, 4.69) is 0 Å². The first-order valence-corrected chi connectivity index (χ1v) is 6.35. The topological polar surface area (TPSA) is 57.6 Å². The summed E-state index contributed by atoms with van der Waals surface area (Å²) in [5.74, 6) is -4.41. The number of carboxylic acid groups (broad SMARTS) is 1. The number of amides is 1. The number of nitrogens with zero attached hydrogens (tertiary/aromatic N) is 1. The molecule has 2 rings (SSSR count). The SMILES string of the molecule is CC(C(=O)O)C1CN(C(=O)c2cc(F)c(F)cc2Cl)C1. The monoisotopic (exact) mass is 303 g/mol. The second kappa shape index (κ2) is 5.36. The maximum atomic E-state index is 13.1. The molecule has 1 N–H and O–H groups in total. The van der Waals surface area contributed by atoms with E-state index in [0.717, 1.165) is 12.1 Å². The number of benzene rings is 1. The molecule has 4 nitrogen and oxygen atoms in total. The van der Waals surface area contributed by atoms with Gasteiger partial charge in [-0.15, -0.1) is 0 Å². The van der Waals surface area contributed by atoms with E-state index in [4.69, 9.17) is 16.7 Å². The Morgan fingerprint density at radius 2 is 1.90 bits per heavy atom. The van der Waals surface area contributed by atoms with Crippen LogP contribution in [0.4, 0.5) is 8.78 Å². The molecular formula is C13H12ClF2NO3. The average molecular weight is 304 g/mol. The summed E-state index contributed by atoms with van der Waals surface area (Å²) in [5, 5.41) is 8.69. The quantitative estimate of drug-likeness (QED) is 0.872. The summed E-state index contributed by atoms with van der Waals surface area (Å²) in [5.41, 5.74) is -0.119. The van der Waals surface area contributed by atoms with Crippen molar-refractivity contribution in [1.82, 2.24) is 4.90 Å². The van der Waals surface area contributed by atoms with Gasteiger partial charge in [0.1, 0.15) is 0 Å². The molecular weight excluding hydrogens is 292 g/mol. The molecule has 1 aromatic rings. The Morgan fingerprint density at radius 3 is 2.45 bits per heavy atom. The maximum Gasteiger partial charge on any atom is 0.306 e. The molecule has 108 valence electrons. The van der Waals surface area contributed by atoms with Crippen LogP contribution in [0.1, 0.15) is 17.3 Å². The first-order valence-electron chi connectivity index (χ1n) is 5.98. The van der Waals surface area contributed by atoms with Gasteiger partial charge in [0.2, 0.25) is 0 Å². The number of aliphatic carboxylic acids is 1. The molecule has 7 heteroatoms. The van der Waals surface area contributed by atoms with Crippen LogP contribution >= 0.6 is 11.6 Å². The van der Waals surface area contributed by atoms with Crippen molar-refractivity contribution in [3.05, 3.63) is 34.4 Å². The Labute approximate surface area is 118 Å². The molecule has 0 saturated carbocycles. The fraction of sp³-hybridized carbons (Fsp3) is 0.385. The zero-order valence-electron chi connectivity index (χ0n) is 10.6. The fourth-order valence-electron chi connectivity index (χ4n) is 2.05. The van der Waals surface area contributed by atoms with Crippen molar-refractivity contribution in [2.45, 2.75) is 6.92 Å². The van der Waals surface area contributed by atoms with Gasteiger partial charge in [0, 0.05) is 19.0 Å². The Morgan fingerprint density at radius 1 is 1.35 bits per heavy atom. The van der Waals surface area contributed by atoms with Crippen molar-refractivity contribution >= 4 is 23.5 Å². The molecule has 1 fully saturated rings. The highest BCUT2D eigenvalue weighted by molar-refractivity contribution is 6.33. The van der Waals surface area contributed by atoms with E-state index in [-0.39, 0.29) is 29.6 Å². The van der Waals surface area contributed by atoms with Crippen LogP contribution < -0.4 is 0 Å². The Balaban J connectivity index is 2.08. The van der Waals surface area contributed by atoms with Crippen molar-refractivity contribution < 1.29 is 23.5 Å². The van der Waals surface area contributed by atoms with Crippen molar-refractivity contribution in [3.63, 3.8) is 0 Å². The van der Waals surface area contributed by atoms with Crippen LogP contribution in [0.5, 0.6) is 0 Å². The van der Waals surface area contributed by atoms with E-state index < -0.39 is 29.4 Å². The van der Waals surface area contributed by atoms with Crippen LogP contribution in [-0.4, -0.2) is 35.0 Å². The molecule has 1 amide bonds. The number of carbonyl (C=O) groups is 2. The lowest BCUT2D eigenvalue weighted by atomic mass is 9.86. The molecule has 1 atom stereocenters. The largest absolute Gasteiger partial charge is 0.481 e. The summed E-state index contributed by atoms with van der Waals surface area (Å²) in [4.78, 5) is 24.2. The molecule has 1 aliphatic heterocycles. The van der Waals surface area contributed by atoms with Crippen LogP contribution in [0.2, 0.25) is 5.02 Å². The summed E-state index contributed by atoms with van der Waals surface area (Å²) in [6.45, 7) is 2.10. The molecule has 0 aromatic heterocycles. The Kier molecular flexibility index (Phi) is 3.94. The van der Waals surface area contributed by atoms with Gasteiger partial charge in [0.15, 0.2) is 11.6 Å². The molecule has 1 aromatic carbocycles. The predicted octanol–water partition coefficient (Wildman–Crippen LogP) is 2.41. The number of rotatable bonds is 3. The molecule has 20 heavy (non-hydrogen) atoms. The van der Waals surface area contributed by atoms with Crippen LogP contribution in [0.25, 0.3) is 0 Å². The number of likely N-dealkylation sites (tertiary alicyclic amines) is 1. The summed E-state index contributed by atoms with van der Waals surface area (Å²) < 4.78 is 26.1. The fourth-order valence-corrected chi connectivity index (χ4v) is 2.28. The van der Waals surface area contributed by atoms with E-state index in [1.54, 1.807) is 6.92 Å². The van der Waals surface area contributed by atoms with Gasteiger partial charge in [-0.25, -0.2) is 8.78 Å². The molecule has 0 spiro atoms. The van der Waals surface area contributed by atoms with E-state index in [9.17, 15) is 18.4 Å². The first kappa shape index (κ1) is 14.7. The Hall–Kier alpha value is -1.69. The summed E-state index contributed by atoms with van der Waals surface area (Å²) >= 11 is 5.72. The number of halogens is 3. The minimum Gasteiger partial charge on any atom is -0.481 e. The lowest BCUT2D eigenvalue weighted by Crippen LogP contribution is -2.53. The molecule has 0 aliphatic carbocycles. The van der Waals surface area contributed by atoms with Crippen molar-refractivity contribution in [2.75, 3.05) is 13.1 Å². The van der Waals surface area contributed by atoms with Gasteiger partial charge in [-0.3, -0.25) is 9.59 Å². The second-order valence-corrected chi connectivity index (χ2v) is 5.25. The van der Waals surface area contributed by atoms with Gasteiger partial charge in [0.25, 0.3) is 5.91 Å². The van der Waals surface area contributed by atoms with Crippen molar-refractivity contribution in [3.8, 4) is 0 Å². The van der Waals surface area contributed by atoms with Crippen molar-refractivity contribution in [1.29, 1.82) is 0 Å². The zero-order valence-corrected chi connectivity index (χ0v) is 11.3. The highest BCUT2D eigenvalue weighted by atomic mass is 35.5. The third-order valence-electron chi connectivity index (χ3n) is 3.53. The molecule has 0 bridgehead atoms. The molecule has 1 unspecified atom stereocenters.